The second kappa shape index (κ2) is 6.71. The minimum atomic E-state index is -0.615. The quantitative estimate of drug-likeness (QED) is 0.761. The first-order valence-corrected chi connectivity index (χ1v) is 8.83. The van der Waals surface area contributed by atoms with Gasteiger partial charge in [0.1, 0.15) is 17.4 Å². The van der Waals surface area contributed by atoms with Crippen molar-refractivity contribution in [2.45, 2.75) is 39.3 Å². The molecule has 0 amide bonds. The third-order valence-corrected chi connectivity index (χ3v) is 4.44. The van der Waals surface area contributed by atoms with Gasteiger partial charge in [0.15, 0.2) is 0 Å². The molecule has 0 aliphatic carbocycles. The van der Waals surface area contributed by atoms with Gasteiger partial charge < -0.3 is 14.8 Å². The van der Waals surface area contributed by atoms with Crippen LogP contribution in [0.2, 0.25) is 0 Å². The highest BCUT2D eigenvalue weighted by molar-refractivity contribution is 9.10. The van der Waals surface area contributed by atoms with E-state index in [-0.39, 0.29) is 0 Å². The number of aromatic nitrogens is 4. The number of anilines is 1. The highest BCUT2D eigenvalue weighted by Crippen LogP contribution is 2.38. The van der Waals surface area contributed by atoms with Crippen LogP contribution < -0.4 is 10.1 Å². The van der Waals surface area contributed by atoms with Crippen LogP contribution >= 0.6 is 15.9 Å². The summed E-state index contributed by atoms with van der Waals surface area (Å²) in [4.78, 5) is 12.9. The minimum absolute atomic E-state index is 0.416. The van der Waals surface area contributed by atoms with Gasteiger partial charge in [0, 0.05) is 5.70 Å². The topological polar surface area (TPSA) is 91.2 Å². The maximum atomic E-state index is 12.9. The first-order valence-electron chi connectivity index (χ1n) is 8.03. The largest absolute Gasteiger partial charge is 0.496 e. The molecule has 0 bridgehead atoms. The molecule has 1 aromatic heterocycles. The maximum Gasteiger partial charge on any atom is 0.338 e. The number of methoxy groups -OCH3 is 1. The van der Waals surface area contributed by atoms with Crippen LogP contribution in [0.3, 0.4) is 0 Å². The molecule has 0 radical (unpaired) electrons. The molecule has 0 saturated carbocycles. The predicted octanol–water partition coefficient (Wildman–Crippen LogP) is 3.07. The number of benzene rings is 1. The van der Waals surface area contributed by atoms with Crippen LogP contribution in [-0.4, -0.2) is 38.9 Å². The molecule has 0 fully saturated rings. The molecule has 2 heterocycles. The summed E-state index contributed by atoms with van der Waals surface area (Å²) < 4.78 is 13.2. The van der Waals surface area contributed by atoms with Crippen LogP contribution in [0.1, 0.15) is 39.3 Å². The van der Waals surface area contributed by atoms with Gasteiger partial charge in [-0.25, -0.2) is 4.79 Å². The van der Waals surface area contributed by atoms with Gasteiger partial charge >= 0.3 is 5.97 Å². The summed E-state index contributed by atoms with van der Waals surface area (Å²) in [6.07, 6.45) is 0. The van der Waals surface area contributed by atoms with Crippen molar-refractivity contribution in [3.05, 3.63) is 39.5 Å². The molecule has 138 valence electrons. The number of ether oxygens (including phenoxy) is 2. The van der Waals surface area contributed by atoms with Crippen molar-refractivity contribution in [3.63, 3.8) is 0 Å². The predicted molar refractivity (Wildman–Crippen MR) is 98.8 cm³/mol. The molecule has 8 nitrogen and oxygen atoms in total. The fraction of sp³-hybridized carbons (Fsp3) is 0.412. The average Bonchev–Trinajstić information content (AvgIpc) is 2.99. The van der Waals surface area contributed by atoms with Crippen LogP contribution in [0.4, 0.5) is 5.95 Å². The number of tetrazole rings is 1. The Bertz CT molecular complexity index is 885. The van der Waals surface area contributed by atoms with E-state index in [1.54, 1.807) is 11.8 Å². The SMILES string of the molecule is COc1ccc([C@H]2C(C(=O)OC(C)(C)C)=C(C)Nc3nnnn32)cc1Br. The van der Waals surface area contributed by atoms with Gasteiger partial charge in [-0.15, -0.1) is 0 Å². The zero-order chi connectivity index (χ0) is 19.1. The van der Waals surface area contributed by atoms with E-state index in [1.807, 2.05) is 45.9 Å². The van der Waals surface area contributed by atoms with Gasteiger partial charge in [-0.2, -0.15) is 4.68 Å². The van der Waals surface area contributed by atoms with Crippen molar-refractivity contribution in [1.82, 2.24) is 20.2 Å². The van der Waals surface area contributed by atoms with E-state index < -0.39 is 17.6 Å². The lowest BCUT2D eigenvalue weighted by atomic mass is 9.95. The average molecular weight is 422 g/mol. The van der Waals surface area contributed by atoms with Crippen molar-refractivity contribution < 1.29 is 14.3 Å². The Labute approximate surface area is 159 Å². The third-order valence-electron chi connectivity index (χ3n) is 3.82. The molecular formula is C17H20BrN5O3. The number of nitrogens with zero attached hydrogens (tertiary/aromatic N) is 4. The van der Waals surface area contributed by atoms with Gasteiger partial charge in [0.25, 0.3) is 0 Å². The zero-order valence-corrected chi connectivity index (χ0v) is 16.8. The first-order chi connectivity index (χ1) is 12.2. The van der Waals surface area contributed by atoms with Gasteiger partial charge in [0.05, 0.1) is 17.2 Å². The molecular weight excluding hydrogens is 402 g/mol. The van der Waals surface area contributed by atoms with Crippen molar-refractivity contribution in [2.24, 2.45) is 0 Å². The Morgan fingerprint density at radius 3 is 2.69 bits per heavy atom. The van der Waals surface area contributed by atoms with Crippen molar-refractivity contribution in [3.8, 4) is 5.75 Å². The van der Waals surface area contributed by atoms with E-state index in [9.17, 15) is 4.79 Å². The van der Waals surface area contributed by atoms with Crippen LogP contribution in [0, 0.1) is 0 Å². The Hall–Kier alpha value is -2.42. The van der Waals surface area contributed by atoms with Crippen molar-refractivity contribution in [1.29, 1.82) is 0 Å². The summed E-state index contributed by atoms with van der Waals surface area (Å²) in [6.45, 7) is 7.30. The summed E-state index contributed by atoms with van der Waals surface area (Å²) in [6, 6.07) is 5.08. The Morgan fingerprint density at radius 1 is 1.35 bits per heavy atom. The molecule has 26 heavy (non-hydrogen) atoms. The molecule has 0 unspecified atom stereocenters. The lowest BCUT2D eigenvalue weighted by molar-refractivity contribution is -0.150. The fourth-order valence-electron chi connectivity index (χ4n) is 2.77. The molecule has 0 spiro atoms. The number of carbonyl (C=O) groups excluding carboxylic acids is 1. The monoisotopic (exact) mass is 421 g/mol. The molecule has 1 N–H and O–H groups in total. The number of rotatable bonds is 3. The van der Waals surface area contributed by atoms with E-state index >= 15 is 0 Å². The third kappa shape index (κ3) is 3.44. The van der Waals surface area contributed by atoms with Crippen LogP contribution in [0.25, 0.3) is 0 Å². The Morgan fingerprint density at radius 2 is 2.08 bits per heavy atom. The number of halogens is 1. The summed E-state index contributed by atoms with van der Waals surface area (Å²) in [7, 11) is 1.60. The second-order valence-corrected chi connectivity index (χ2v) is 7.76. The normalized spacial score (nSPS) is 16.8. The summed E-state index contributed by atoms with van der Waals surface area (Å²) in [5.74, 6) is 0.742. The number of fused-ring (bicyclic) bond motifs is 1. The molecule has 1 aliphatic rings. The highest BCUT2D eigenvalue weighted by Gasteiger charge is 2.36. The van der Waals surface area contributed by atoms with E-state index in [0.717, 1.165) is 10.0 Å². The van der Waals surface area contributed by atoms with Gasteiger partial charge in [-0.3, -0.25) is 0 Å². The smallest absolute Gasteiger partial charge is 0.338 e. The fourth-order valence-corrected chi connectivity index (χ4v) is 3.33. The number of esters is 1. The molecule has 1 atom stereocenters. The Balaban J connectivity index is 2.12. The lowest BCUT2D eigenvalue weighted by Crippen LogP contribution is -2.33. The molecule has 1 aliphatic heterocycles. The Kier molecular flexibility index (Phi) is 4.74. The number of hydrogen-bond donors (Lipinski definition) is 1. The number of hydrogen-bond acceptors (Lipinski definition) is 7. The van der Waals surface area contributed by atoms with E-state index in [2.05, 4.69) is 36.8 Å². The molecule has 0 saturated heterocycles. The van der Waals surface area contributed by atoms with Gasteiger partial charge in [0.2, 0.25) is 5.95 Å². The minimum Gasteiger partial charge on any atom is -0.496 e. The molecule has 9 heteroatoms. The molecule has 1 aromatic carbocycles. The highest BCUT2D eigenvalue weighted by atomic mass is 79.9. The van der Waals surface area contributed by atoms with Crippen LogP contribution in [-0.2, 0) is 9.53 Å². The van der Waals surface area contributed by atoms with Gasteiger partial charge in [-0.05, 0) is 71.7 Å². The number of nitrogens with one attached hydrogen (secondary N) is 1. The standard InChI is InChI=1S/C17H20BrN5O3/c1-9-13(15(24)26-17(2,3)4)14(23-16(19-9)20-21-22-23)10-6-7-12(25-5)11(18)8-10/h6-8,14H,1-5H3,(H,19,20,22)/t14-/m0/s1. The number of allylic oxidation sites excluding steroid dienone is 1. The summed E-state index contributed by atoms with van der Waals surface area (Å²) in [5.41, 5.74) is 1.32. The molecule has 3 rings (SSSR count). The number of carbonyl (C=O) groups is 1. The van der Waals surface area contributed by atoms with Crippen LogP contribution in [0.15, 0.2) is 33.9 Å². The van der Waals surface area contributed by atoms with Crippen molar-refractivity contribution >= 4 is 27.8 Å². The first kappa shape index (κ1) is 18.4. The van der Waals surface area contributed by atoms with E-state index in [4.69, 9.17) is 9.47 Å². The van der Waals surface area contributed by atoms with Crippen molar-refractivity contribution in [2.75, 3.05) is 12.4 Å². The zero-order valence-electron chi connectivity index (χ0n) is 15.2. The van der Waals surface area contributed by atoms with Gasteiger partial charge in [-0.1, -0.05) is 11.2 Å². The molecule has 2 aromatic rings. The second-order valence-electron chi connectivity index (χ2n) is 6.91. The summed E-state index contributed by atoms with van der Waals surface area (Å²) >= 11 is 3.49. The van der Waals surface area contributed by atoms with Crippen LogP contribution in [0.5, 0.6) is 5.75 Å². The lowest BCUT2D eigenvalue weighted by Gasteiger charge is -2.29. The maximum absolute atomic E-state index is 12.9. The van der Waals surface area contributed by atoms with E-state index in [1.165, 1.54) is 0 Å². The van der Waals surface area contributed by atoms with E-state index in [0.29, 0.717) is 23.0 Å². The summed E-state index contributed by atoms with van der Waals surface area (Å²) in [5, 5.41) is 14.8.